The summed E-state index contributed by atoms with van der Waals surface area (Å²) in [5, 5.41) is 0. The second-order valence-electron chi connectivity index (χ2n) is 8.42. The SMILES string of the molecule is C[C@@]12CCC(=O)[C@@H]1C1=C(C[C@H](c3ccoc3)OC1=O)[C@]1(C)CC(=O)O[C@H]21. The van der Waals surface area contributed by atoms with Crippen LogP contribution in [-0.4, -0.2) is 23.8 Å². The highest BCUT2D eigenvalue weighted by molar-refractivity contribution is 6.02. The topological polar surface area (TPSA) is 82.8 Å². The van der Waals surface area contributed by atoms with Crippen molar-refractivity contribution in [3.63, 3.8) is 0 Å². The molecule has 4 aliphatic rings. The summed E-state index contributed by atoms with van der Waals surface area (Å²) in [6, 6.07) is 1.77. The number of ether oxygens (including phenoxy) is 2. The van der Waals surface area contributed by atoms with Crippen LogP contribution in [0.3, 0.4) is 0 Å². The maximum absolute atomic E-state index is 13.0. The number of rotatable bonds is 1. The van der Waals surface area contributed by atoms with Crippen molar-refractivity contribution in [2.75, 3.05) is 0 Å². The lowest BCUT2D eigenvalue weighted by molar-refractivity contribution is -0.157. The maximum Gasteiger partial charge on any atom is 0.335 e. The Morgan fingerprint density at radius 3 is 2.69 bits per heavy atom. The summed E-state index contributed by atoms with van der Waals surface area (Å²) in [4.78, 5) is 37.9. The van der Waals surface area contributed by atoms with E-state index in [0.717, 1.165) is 11.1 Å². The molecule has 2 aliphatic carbocycles. The van der Waals surface area contributed by atoms with Gasteiger partial charge in [-0.3, -0.25) is 9.59 Å². The lowest BCUT2D eigenvalue weighted by atomic mass is 9.54. The average molecular weight is 356 g/mol. The molecule has 26 heavy (non-hydrogen) atoms. The molecule has 136 valence electrons. The number of cyclic esters (lactones) is 1. The number of hydrogen-bond donors (Lipinski definition) is 0. The Kier molecular flexibility index (Phi) is 2.97. The van der Waals surface area contributed by atoms with Crippen molar-refractivity contribution in [2.24, 2.45) is 16.7 Å². The third-order valence-electron chi connectivity index (χ3n) is 6.91. The Morgan fingerprint density at radius 1 is 1.15 bits per heavy atom. The smallest absolute Gasteiger partial charge is 0.335 e. The number of ketones is 1. The van der Waals surface area contributed by atoms with Crippen molar-refractivity contribution in [1.29, 1.82) is 0 Å². The standard InChI is InChI=1S/C20H20O6/c1-19-5-3-12(21)16(19)15-11(20(2)8-14(22)26-18(19)20)7-13(25-17(15)23)10-4-6-24-9-10/h4,6,9,13,16,18H,3,5,7-8H2,1-2H3/t13-,16-,18-,19-,20+/m1/s1. The van der Waals surface area contributed by atoms with Gasteiger partial charge in [-0.2, -0.15) is 0 Å². The van der Waals surface area contributed by atoms with Gasteiger partial charge < -0.3 is 13.9 Å². The summed E-state index contributed by atoms with van der Waals surface area (Å²) < 4.78 is 16.6. The lowest BCUT2D eigenvalue weighted by Crippen LogP contribution is -2.53. The summed E-state index contributed by atoms with van der Waals surface area (Å²) in [5.74, 6) is -1.20. The molecule has 1 saturated heterocycles. The first kappa shape index (κ1) is 15.9. The van der Waals surface area contributed by atoms with Crippen molar-refractivity contribution < 1.29 is 28.3 Å². The molecule has 0 spiro atoms. The zero-order chi connectivity index (χ0) is 18.3. The van der Waals surface area contributed by atoms with E-state index in [1.54, 1.807) is 12.3 Å². The number of Topliss-reactive ketones (excluding diaryl/α,β-unsaturated/α-hetero) is 1. The molecule has 1 aromatic rings. The Hall–Kier alpha value is -2.37. The van der Waals surface area contributed by atoms with Crippen LogP contribution in [0.1, 0.15) is 51.2 Å². The Morgan fingerprint density at radius 2 is 1.96 bits per heavy atom. The first-order valence-corrected chi connectivity index (χ1v) is 9.03. The van der Waals surface area contributed by atoms with Crippen LogP contribution in [0.25, 0.3) is 0 Å². The van der Waals surface area contributed by atoms with Crippen LogP contribution in [0.5, 0.6) is 0 Å². The van der Waals surface area contributed by atoms with E-state index in [4.69, 9.17) is 13.9 Å². The first-order chi connectivity index (χ1) is 12.3. The Bertz CT molecular complexity index is 865. The van der Waals surface area contributed by atoms with E-state index in [0.29, 0.717) is 24.8 Å². The number of carbonyl (C=O) groups is 3. The van der Waals surface area contributed by atoms with Gasteiger partial charge in [0.2, 0.25) is 0 Å². The van der Waals surface area contributed by atoms with Crippen molar-refractivity contribution in [1.82, 2.24) is 0 Å². The fourth-order valence-electron chi connectivity index (χ4n) is 5.78. The number of hydrogen-bond acceptors (Lipinski definition) is 6. The predicted octanol–water partition coefficient (Wildman–Crippen LogP) is 2.89. The number of carbonyl (C=O) groups excluding carboxylic acids is 3. The number of fused-ring (bicyclic) bond motifs is 5. The van der Waals surface area contributed by atoms with Gasteiger partial charge in [-0.15, -0.1) is 0 Å². The molecular formula is C20H20O6. The van der Waals surface area contributed by atoms with Gasteiger partial charge in [0, 0.05) is 34.8 Å². The van der Waals surface area contributed by atoms with Crippen molar-refractivity contribution in [3.05, 3.63) is 35.3 Å². The van der Waals surface area contributed by atoms with Crippen LogP contribution < -0.4 is 0 Å². The summed E-state index contributed by atoms with van der Waals surface area (Å²) >= 11 is 0. The largest absolute Gasteiger partial charge is 0.472 e. The second kappa shape index (κ2) is 4.87. The highest BCUT2D eigenvalue weighted by atomic mass is 16.6. The molecule has 0 N–H and O–H groups in total. The molecule has 1 aromatic heterocycles. The maximum atomic E-state index is 13.0. The minimum atomic E-state index is -0.580. The molecule has 5 atom stereocenters. The molecule has 5 rings (SSSR count). The van der Waals surface area contributed by atoms with Gasteiger partial charge in [-0.25, -0.2) is 4.79 Å². The van der Waals surface area contributed by atoms with Gasteiger partial charge in [0.25, 0.3) is 0 Å². The molecule has 6 heteroatoms. The van der Waals surface area contributed by atoms with Crippen LogP contribution in [0, 0.1) is 16.7 Å². The molecule has 6 nitrogen and oxygen atoms in total. The zero-order valence-corrected chi connectivity index (χ0v) is 14.7. The molecule has 2 fully saturated rings. The predicted molar refractivity (Wildman–Crippen MR) is 87.6 cm³/mol. The minimum absolute atomic E-state index is 0.0451. The van der Waals surface area contributed by atoms with Gasteiger partial charge in [0.15, 0.2) is 0 Å². The molecule has 0 aromatic carbocycles. The van der Waals surface area contributed by atoms with Crippen LogP contribution in [-0.2, 0) is 23.9 Å². The minimum Gasteiger partial charge on any atom is -0.472 e. The second-order valence-corrected chi connectivity index (χ2v) is 8.42. The van der Waals surface area contributed by atoms with Crippen LogP contribution in [0.2, 0.25) is 0 Å². The third-order valence-corrected chi connectivity index (χ3v) is 6.91. The van der Waals surface area contributed by atoms with Gasteiger partial charge >= 0.3 is 11.9 Å². The summed E-state index contributed by atoms with van der Waals surface area (Å²) in [5.41, 5.74) is 0.990. The molecule has 1 saturated carbocycles. The fraction of sp³-hybridized carbons (Fsp3) is 0.550. The van der Waals surface area contributed by atoms with Gasteiger partial charge in [-0.05, 0) is 18.1 Å². The van der Waals surface area contributed by atoms with Gasteiger partial charge in [-0.1, -0.05) is 13.8 Å². The van der Waals surface area contributed by atoms with Crippen LogP contribution in [0.4, 0.5) is 0 Å². The van der Waals surface area contributed by atoms with Crippen LogP contribution >= 0.6 is 0 Å². The summed E-state index contributed by atoms with van der Waals surface area (Å²) in [6.45, 7) is 3.97. The molecule has 3 heterocycles. The van der Waals surface area contributed by atoms with E-state index < -0.39 is 28.8 Å². The quantitative estimate of drug-likeness (QED) is 0.720. The molecule has 0 amide bonds. The van der Waals surface area contributed by atoms with E-state index in [-0.39, 0.29) is 24.3 Å². The molecule has 2 aliphatic heterocycles. The van der Waals surface area contributed by atoms with E-state index in [1.807, 2.05) is 13.8 Å². The highest BCUT2D eigenvalue weighted by Gasteiger charge is 2.68. The average Bonchev–Trinajstić information content (AvgIpc) is 3.28. The Balaban J connectivity index is 1.70. The van der Waals surface area contributed by atoms with E-state index >= 15 is 0 Å². The molecular weight excluding hydrogens is 336 g/mol. The normalized spacial score (nSPS) is 41.5. The van der Waals surface area contributed by atoms with E-state index in [9.17, 15) is 14.4 Å². The van der Waals surface area contributed by atoms with Gasteiger partial charge in [0.05, 0.1) is 24.9 Å². The molecule has 0 radical (unpaired) electrons. The monoisotopic (exact) mass is 356 g/mol. The molecule has 0 unspecified atom stereocenters. The highest BCUT2D eigenvalue weighted by Crippen LogP contribution is 2.65. The van der Waals surface area contributed by atoms with Crippen molar-refractivity contribution >= 4 is 17.7 Å². The van der Waals surface area contributed by atoms with Crippen molar-refractivity contribution in [2.45, 2.75) is 51.7 Å². The van der Waals surface area contributed by atoms with E-state index in [1.165, 1.54) is 6.26 Å². The first-order valence-electron chi connectivity index (χ1n) is 9.03. The van der Waals surface area contributed by atoms with Gasteiger partial charge in [0.1, 0.15) is 18.0 Å². The van der Waals surface area contributed by atoms with E-state index in [2.05, 4.69) is 0 Å². The zero-order valence-electron chi connectivity index (χ0n) is 14.7. The summed E-state index contributed by atoms with van der Waals surface area (Å²) in [6.07, 6.45) is 3.98. The fourth-order valence-corrected chi connectivity index (χ4v) is 5.78. The number of esters is 2. The third kappa shape index (κ3) is 1.79. The summed E-state index contributed by atoms with van der Waals surface area (Å²) in [7, 11) is 0. The Labute approximate surface area is 150 Å². The van der Waals surface area contributed by atoms with Crippen LogP contribution in [0.15, 0.2) is 34.2 Å². The van der Waals surface area contributed by atoms with Crippen molar-refractivity contribution in [3.8, 4) is 0 Å². The molecule has 0 bridgehead atoms. The number of furan rings is 1. The lowest BCUT2D eigenvalue weighted by Gasteiger charge is -2.51.